The SMILES string of the molecule is Nc1nc(COC(=O)CCc2ccc3ccccc3n2)nc(Nc2ccccc2)n1. The Bertz CT molecular complexity index is 1170. The maximum Gasteiger partial charge on any atom is 0.306 e. The fraction of sp³-hybridized carbons (Fsp3) is 0.136. The number of hydrogen-bond donors (Lipinski definition) is 2. The molecule has 0 radical (unpaired) electrons. The normalized spacial score (nSPS) is 10.7. The number of anilines is 3. The van der Waals surface area contributed by atoms with Crippen molar-refractivity contribution in [2.45, 2.75) is 19.4 Å². The van der Waals surface area contributed by atoms with Crippen molar-refractivity contribution in [3.05, 3.63) is 78.2 Å². The van der Waals surface area contributed by atoms with E-state index in [0.717, 1.165) is 22.3 Å². The van der Waals surface area contributed by atoms with Crippen LogP contribution in [0.2, 0.25) is 0 Å². The van der Waals surface area contributed by atoms with Gasteiger partial charge in [0, 0.05) is 23.2 Å². The molecule has 0 saturated carbocycles. The van der Waals surface area contributed by atoms with Crippen molar-refractivity contribution < 1.29 is 9.53 Å². The second kappa shape index (κ2) is 8.95. The molecule has 0 aliphatic carbocycles. The van der Waals surface area contributed by atoms with E-state index in [2.05, 4.69) is 25.3 Å². The average Bonchev–Trinajstić information content (AvgIpc) is 2.76. The number of rotatable bonds is 7. The van der Waals surface area contributed by atoms with Gasteiger partial charge in [0.05, 0.1) is 11.9 Å². The van der Waals surface area contributed by atoms with Gasteiger partial charge in [0.25, 0.3) is 0 Å². The maximum atomic E-state index is 12.1. The van der Waals surface area contributed by atoms with Crippen LogP contribution in [0.5, 0.6) is 0 Å². The topological polar surface area (TPSA) is 116 Å². The molecule has 0 atom stereocenters. The monoisotopic (exact) mass is 400 g/mol. The van der Waals surface area contributed by atoms with Crippen LogP contribution < -0.4 is 11.1 Å². The summed E-state index contributed by atoms with van der Waals surface area (Å²) in [6.07, 6.45) is 0.699. The van der Waals surface area contributed by atoms with E-state index in [4.69, 9.17) is 10.5 Å². The Morgan fingerprint density at radius 3 is 2.57 bits per heavy atom. The van der Waals surface area contributed by atoms with Gasteiger partial charge in [-0.25, -0.2) is 0 Å². The molecular formula is C22H20N6O2. The Labute approximate surface area is 173 Å². The summed E-state index contributed by atoms with van der Waals surface area (Å²) in [7, 11) is 0. The van der Waals surface area contributed by atoms with Gasteiger partial charge >= 0.3 is 5.97 Å². The molecule has 0 aliphatic rings. The van der Waals surface area contributed by atoms with E-state index < -0.39 is 0 Å². The predicted molar refractivity (Wildman–Crippen MR) is 114 cm³/mol. The number of ether oxygens (including phenoxy) is 1. The van der Waals surface area contributed by atoms with Crippen molar-refractivity contribution in [3.63, 3.8) is 0 Å². The molecule has 4 rings (SSSR count). The van der Waals surface area contributed by atoms with Crippen molar-refractivity contribution in [1.29, 1.82) is 0 Å². The summed E-state index contributed by atoms with van der Waals surface area (Å²) in [5.41, 5.74) is 8.30. The largest absolute Gasteiger partial charge is 0.457 e. The van der Waals surface area contributed by atoms with Crippen LogP contribution in [0.3, 0.4) is 0 Å². The van der Waals surface area contributed by atoms with Crippen molar-refractivity contribution in [1.82, 2.24) is 19.9 Å². The van der Waals surface area contributed by atoms with Crippen molar-refractivity contribution in [3.8, 4) is 0 Å². The number of carbonyl (C=O) groups excluding carboxylic acids is 1. The highest BCUT2D eigenvalue weighted by molar-refractivity contribution is 5.78. The molecule has 0 aliphatic heterocycles. The van der Waals surface area contributed by atoms with Crippen LogP contribution in [-0.2, 0) is 22.6 Å². The summed E-state index contributed by atoms with van der Waals surface area (Å²) in [4.78, 5) is 29.0. The summed E-state index contributed by atoms with van der Waals surface area (Å²) in [6.45, 7) is -0.0832. The molecule has 0 bridgehead atoms. The second-order valence-corrected chi connectivity index (χ2v) is 6.58. The van der Waals surface area contributed by atoms with Crippen LogP contribution in [0.15, 0.2) is 66.7 Å². The van der Waals surface area contributed by atoms with E-state index in [1.165, 1.54) is 0 Å². The Morgan fingerprint density at radius 1 is 0.900 bits per heavy atom. The third-order valence-corrected chi connectivity index (χ3v) is 4.33. The van der Waals surface area contributed by atoms with Crippen LogP contribution in [0.4, 0.5) is 17.6 Å². The molecule has 2 aromatic heterocycles. The van der Waals surface area contributed by atoms with Crippen LogP contribution in [0.1, 0.15) is 17.9 Å². The third kappa shape index (κ3) is 5.05. The van der Waals surface area contributed by atoms with Gasteiger partial charge in [0.1, 0.15) is 0 Å². The molecule has 2 heterocycles. The lowest BCUT2D eigenvalue weighted by atomic mass is 10.1. The number of hydrogen-bond acceptors (Lipinski definition) is 8. The van der Waals surface area contributed by atoms with E-state index in [-0.39, 0.29) is 30.8 Å². The van der Waals surface area contributed by atoms with Crippen LogP contribution in [-0.4, -0.2) is 25.9 Å². The molecule has 0 saturated heterocycles. The van der Waals surface area contributed by atoms with Gasteiger partial charge in [0.15, 0.2) is 12.4 Å². The first-order valence-corrected chi connectivity index (χ1v) is 9.48. The van der Waals surface area contributed by atoms with E-state index in [1.54, 1.807) is 0 Å². The Morgan fingerprint density at radius 2 is 1.70 bits per heavy atom. The molecule has 30 heavy (non-hydrogen) atoms. The zero-order valence-electron chi connectivity index (χ0n) is 16.2. The fourth-order valence-corrected chi connectivity index (χ4v) is 2.90. The molecule has 0 amide bonds. The number of para-hydroxylation sites is 2. The summed E-state index contributed by atoms with van der Waals surface area (Å²) in [5.74, 6) is 0.259. The van der Waals surface area contributed by atoms with E-state index in [1.807, 2.05) is 66.7 Å². The zero-order valence-corrected chi connectivity index (χ0v) is 16.2. The number of aromatic nitrogens is 4. The Balaban J connectivity index is 1.32. The highest BCUT2D eigenvalue weighted by Gasteiger charge is 2.10. The van der Waals surface area contributed by atoms with Crippen LogP contribution in [0, 0.1) is 0 Å². The van der Waals surface area contributed by atoms with E-state index in [9.17, 15) is 4.79 Å². The number of nitrogens with zero attached hydrogens (tertiary/aromatic N) is 4. The van der Waals surface area contributed by atoms with Gasteiger partial charge in [-0.15, -0.1) is 0 Å². The predicted octanol–water partition coefficient (Wildman–Crippen LogP) is 3.42. The first kappa shape index (κ1) is 19.3. The number of nitrogens with one attached hydrogen (secondary N) is 1. The van der Waals surface area contributed by atoms with E-state index in [0.29, 0.717) is 12.4 Å². The minimum absolute atomic E-state index is 0.0508. The number of esters is 1. The molecule has 2 aromatic carbocycles. The summed E-state index contributed by atoms with van der Waals surface area (Å²) in [6, 6.07) is 21.2. The molecule has 3 N–H and O–H groups in total. The second-order valence-electron chi connectivity index (χ2n) is 6.58. The van der Waals surface area contributed by atoms with Gasteiger partial charge in [-0.3, -0.25) is 9.78 Å². The van der Waals surface area contributed by atoms with Gasteiger partial charge in [-0.05, 0) is 24.3 Å². The number of nitrogens with two attached hydrogens (primary N) is 1. The summed E-state index contributed by atoms with van der Waals surface area (Å²) in [5, 5.41) is 4.11. The highest BCUT2D eigenvalue weighted by atomic mass is 16.5. The molecule has 8 heteroatoms. The minimum Gasteiger partial charge on any atom is -0.457 e. The van der Waals surface area contributed by atoms with Crippen LogP contribution in [0.25, 0.3) is 10.9 Å². The average molecular weight is 400 g/mol. The lowest BCUT2D eigenvalue weighted by Gasteiger charge is -2.08. The van der Waals surface area contributed by atoms with Gasteiger partial charge in [0.2, 0.25) is 11.9 Å². The number of pyridine rings is 1. The molecule has 150 valence electrons. The number of benzene rings is 2. The quantitative estimate of drug-likeness (QED) is 0.453. The summed E-state index contributed by atoms with van der Waals surface area (Å²) < 4.78 is 5.29. The number of fused-ring (bicyclic) bond motifs is 1. The zero-order chi connectivity index (χ0) is 20.8. The Hall–Kier alpha value is -4.07. The standard InChI is InChI=1S/C22H20N6O2/c23-21-26-19(27-22(28-21)25-16-7-2-1-3-8-16)14-30-20(29)13-12-17-11-10-15-6-4-5-9-18(15)24-17/h1-11H,12-14H2,(H3,23,25,26,27,28). The third-order valence-electron chi connectivity index (χ3n) is 4.33. The number of aryl methyl sites for hydroxylation is 1. The molecule has 8 nitrogen and oxygen atoms in total. The summed E-state index contributed by atoms with van der Waals surface area (Å²) >= 11 is 0. The van der Waals surface area contributed by atoms with Crippen molar-refractivity contribution >= 4 is 34.5 Å². The first-order chi connectivity index (χ1) is 14.7. The smallest absolute Gasteiger partial charge is 0.306 e. The van der Waals surface area contributed by atoms with Gasteiger partial charge < -0.3 is 15.8 Å². The fourth-order valence-electron chi connectivity index (χ4n) is 2.90. The maximum absolute atomic E-state index is 12.1. The molecular weight excluding hydrogens is 380 g/mol. The highest BCUT2D eigenvalue weighted by Crippen LogP contribution is 2.14. The minimum atomic E-state index is -0.360. The van der Waals surface area contributed by atoms with Gasteiger partial charge in [-0.1, -0.05) is 42.5 Å². The number of carbonyl (C=O) groups is 1. The number of nitrogen functional groups attached to an aromatic ring is 1. The van der Waals surface area contributed by atoms with Crippen molar-refractivity contribution in [2.24, 2.45) is 0 Å². The van der Waals surface area contributed by atoms with Gasteiger partial charge in [-0.2, -0.15) is 15.0 Å². The first-order valence-electron chi connectivity index (χ1n) is 9.48. The Kier molecular flexibility index (Phi) is 5.75. The lowest BCUT2D eigenvalue weighted by Crippen LogP contribution is -2.11. The molecule has 4 aromatic rings. The van der Waals surface area contributed by atoms with E-state index >= 15 is 0 Å². The lowest BCUT2D eigenvalue weighted by molar-refractivity contribution is -0.145. The molecule has 0 fully saturated rings. The molecule has 0 spiro atoms. The molecule has 0 unspecified atom stereocenters. The van der Waals surface area contributed by atoms with Crippen LogP contribution >= 0.6 is 0 Å². The van der Waals surface area contributed by atoms with Crippen molar-refractivity contribution in [2.75, 3.05) is 11.1 Å².